The lowest BCUT2D eigenvalue weighted by Gasteiger charge is -2.32. The summed E-state index contributed by atoms with van der Waals surface area (Å²) in [5.74, 6) is 0.662. The fraction of sp³-hybridized carbons (Fsp3) is 0.588. The van der Waals surface area contributed by atoms with Crippen molar-refractivity contribution >= 4 is 17.6 Å². The Balaban J connectivity index is 1.45. The predicted molar refractivity (Wildman–Crippen MR) is 96.6 cm³/mol. The molecular weight excluding hydrogens is 320 g/mol. The first-order valence-corrected chi connectivity index (χ1v) is 8.73. The van der Waals surface area contributed by atoms with Crippen LogP contribution in [0.4, 0.5) is 5.69 Å². The van der Waals surface area contributed by atoms with Gasteiger partial charge in [0.1, 0.15) is 0 Å². The van der Waals surface area contributed by atoms with E-state index < -0.39 is 0 Å². The van der Waals surface area contributed by atoms with Gasteiger partial charge in [-0.1, -0.05) is 0 Å². The summed E-state index contributed by atoms with van der Waals surface area (Å²) in [6, 6.07) is 4.14. The van der Waals surface area contributed by atoms with Crippen LogP contribution in [0.15, 0.2) is 29.5 Å². The van der Waals surface area contributed by atoms with E-state index in [1.54, 1.807) is 25.5 Å². The van der Waals surface area contributed by atoms with Crippen LogP contribution in [-0.4, -0.2) is 85.7 Å². The molecule has 2 N–H and O–H groups in total. The standard InChI is InChI=1S/C17H26N6O2/c1-18-17(20-12-16(24)21-14-3-2-5-19-11-14)23-6-4-15(13-23)22-7-9-25-10-8-22/h2-3,5,11,15H,4,6-10,12-13H2,1H3,(H,18,20)(H,21,24). The van der Waals surface area contributed by atoms with Crippen LogP contribution in [0.1, 0.15) is 6.42 Å². The van der Waals surface area contributed by atoms with Crippen molar-refractivity contribution in [2.75, 3.05) is 58.3 Å². The van der Waals surface area contributed by atoms with Gasteiger partial charge in [0.25, 0.3) is 0 Å². The van der Waals surface area contributed by atoms with E-state index in [9.17, 15) is 4.79 Å². The number of rotatable bonds is 4. The van der Waals surface area contributed by atoms with E-state index in [1.165, 1.54) is 0 Å². The number of pyridine rings is 1. The number of nitrogens with one attached hydrogen (secondary N) is 2. The molecule has 1 amide bonds. The molecular formula is C17H26N6O2. The minimum Gasteiger partial charge on any atom is -0.379 e. The molecule has 0 bridgehead atoms. The third kappa shape index (κ3) is 4.90. The number of morpholine rings is 1. The number of hydrogen-bond acceptors (Lipinski definition) is 5. The van der Waals surface area contributed by atoms with Crippen LogP contribution < -0.4 is 10.6 Å². The fourth-order valence-electron chi connectivity index (χ4n) is 3.31. The first kappa shape index (κ1) is 17.6. The molecule has 2 aliphatic rings. The SMILES string of the molecule is CN=C(NCC(=O)Nc1cccnc1)N1CCC(N2CCOCC2)C1. The van der Waals surface area contributed by atoms with E-state index in [2.05, 4.69) is 30.4 Å². The summed E-state index contributed by atoms with van der Waals surface area (Å²) in [5.41, 5.74) is 0.692. The van der Waals surface area contributed by atoms with Gasteiger partial charge in [0, 0.05) is 45.5 Å². The van der Waals surface area contributed by atoms with Crippen LogP contribution in [0.25, 0.3) is 0 Å². The smallest absolute Gasteiger partial charge is 0.243 e. The summed E-state index contributed by atoms with van der Waals surface area (Å²) in [6.45, 7) is 5.70. The van der Waals surface area contributed by atoms with E-state index in [-0.39, 0.29) is 12.5 Å². The zero-order chi connectivity index (χ0) is 17.5. The molecule has 3 heterocycles. The molecule has 1 atom stereocenters. The molecule has 3 rings (SSSR count). The maximum atomic E-state index is 12.1. The topological polar surface area (TPSA) is 82.1 Å². The molecule has 136 valence electrons. The molecule has 1 aromatic heterocycles. The van der Waals surface area contributed by atoms with E-state index >= 15 is 0 Å². The normalized spacial score (nSPS) is 22.0. The number of amides is 1. The van der Waals surface area contributed by atoms with Crippen LogP contribution in [0.2, 0.25) is 0 Å². The van der Waals surface area contributed by atoms with Crippen molar-refractivity contribution in [1.82, 2.24) is 20.1 Å². The third-order valence-corrected chi connectivity index (χ3v) is 4.59. The Morgan fingerprint density at radius 1 is 1.40 bits per heavy atom. The minimum absolute atomic E-state index is 0.113. The van der Waals surface area contributed by atoms with Gasteiger partial charge >= 0.3 is 0 Å². The average Bonchev–Trinajstić information content (AvgIpc) is 3.14. The molecule has 0 aromatic carbocycles. The second-order valence-electron chi connectivity index (χ2n) is 6.23. The average molecular weight is 346 g/mol. The first-order chi connectivity index (χ1) is 12.3. The molecule has 8 heteroatoms. The van der Waals surface area contributed by atoms with E-state index in [0.717, 1.165) is 51.8 Å². The summed E-state index contributed by atoms with van der Waals surface area (Å²) in [4.78, 5) is 25.1. The summed E-state index contributed by atoms with van der Waals surface area (Å²) >= 11 is 0. The Bertz CT molecular complexity index is 588. The number of ether oxygens (including phenoxy) is 1. The molecule has 0 saturated carbocycles. The van der Waals surface area contributed by atoms with Gasteiger partial charge in [-0.05, 0) is 18.6 Å². The van der Waals surface area contributed by atoms with Crippen LogP contribution in [-0.2, 0) is 9.53 Å². The highest BCUT2D eigenvalue weighted by molar-refractivity contribution is 5.94. The van der Waals surface area contributed by atoms with Gasteiger partial charge in [0.2, 0.25) is 5.91 Å². The maximum absolute atomic E-state index is 12.1. The van der Waals surface area contributed by atoms with Crippen LogP contribution >= 0.6 is 0 Å². The molecule has 1 aromatic rings. The molecule has 0 aliphatic carbocycles. The lowest BCUT2D eigenvalue weighted by atomic mass is 10.2. The number of nitrogens with zero attached hydrogens (tertiary/aromatic N) is 4. The van der Waals surface area contributed by atoms with Crippen molar-refractivity contribution in [2.24, 2.45) is 4.99 Å². The fourth-order valence-corrected chi connectivity index (χ4v) is 3.31. The number of guanidine groups is 1. The zero-order valence-electron chi connectivity index (χ0n) is 14.6. The lowest BCUT2D eigenvalue weighted by Crippen LogP contribution is -2.47. The van der Waals surface area contributed by atoms with E-state index in [0.29, 0.717) is 11.7 Å². The molecule has 2 aliphatic heterocycles. The van der Waals surface area contributed by atoms with Gasteiger partial charge in [-0.2, -0.15) is 0 Å². The van der Waals surface area contributed by atoms with Crippen molar-refractivity contribution in [3.8, 4) is 0 Å². The molecule has 0 radical (unpaired) electrons. The number of aliphatic imine (C=N–C) groups is 1. The van der Waals surface area contributed by atoms with Crippen molar-refractivity contribution in [3.05, 3.63) is 24.5 Å². The zero-order valence-corrected chi connectivity index (χ0v) is 14.6. The number of likely N-dealkylation sites (tertiary alicyclic amines) is 1. The molecule has 2 saturated heterocycles. The Labute approximate surface area is 148 Å². The van der Waals surface area contributed by atoms with E-state index in [1.807, 2.05) is 6.07 Å². The largest absolute Gasteiger partial charge is 0.379 e. The number of carbonyl (C=O) groups excluding carboxylic acids is 1. The van der Waals surface area contributed by atoms with Crippen molar-refractivity contribution in [1.29, 1.82) is 0 Å². The van der Waals surface area contributed by atoms with Crippen LogP contribution in [0, 0.1) is 0 Å². The highest BCUT2D eigenvalue weighted by Crippen LogP contribution is 2.17. The Kier molecular flexibility index (Phi) is 6.19. The number of anilines is 1. The second kappa shape index (κ2) is 8.77. The third-order valence-electron chi connectivity index (χ3n) is 4.59. The summed E-state index contributed by atoms with van der Waals surface area (Å²) in [7, 11) is 1.75. The van der Waals surface area contributed by atoms with Gasteiger partial charge in [0.05, 0.1) is 31.6 Å². The predicted octanol–water partition coefficient (Wildman–Crippen LogP) is 0.00200. The highest BCUT2D eigenvalue weighted by atomic mass is 16.5. The molecule has 2 fully saturated rings. The van der Waals surface area contributed by atoms with Crippen molar-refractivity contribution in [2.45, 2.75) is 12.5 Å². The van der Waals surface area contributed by atoms with Gasteiger partial charge in [-0.25, -0.2) is 0 Å². The van der Waals surface area contributed by atoms with E-state index in [4.69, 9.17) is 4.74 Å². The summed E-state index contributed by atoms with van der Waals surface area (Å²) in [6.07, 6.45) is 4.41. The lowest BCUT2D eigenvalue weighted by molar-refractivity contribution is -0.115. The Morgan fingerprint density at radius 2 is 2.24 bits per heavy atom. The molecule has 25 heavy (non-hydrogen) atoms. The van der Waals surface area contributed by atoms with Gasteiger partial charge in [0.15, 0.2) is 5.96 Å². The first-order valence-electron chi connectivity index (χ1n) is 8.73. The van der Waals surface area contributed by atoms with Crippen LogP contribution in [0.5, 0.6) is 0 Å². The van der Waals surface area contributed by atoms with Crippen LogP contribution in [0.3, 0.4) is 0 Å². The second-order valence-corrected chi connectivity index (χ2v) is 6.23. The number of carbonyl (C=O) groups is 1. The Hall–Kier alpha value is -2.19. The number of aromatic nitrogens is 1. The van der Waals surface area contributed by atoms with Gasteiger partial charge in [-0.3, -0.25) is 19.7 Å². The monoisotopic (exact) mass is 346 g/mol. The Morgan fingerprint density at radius 3 is 2.96 bits per heavy atom. The maximum Gasteiger partial charge on any atom is 0.243 e. The van der Waals surface area contributed by atoms with Crippen molar-refractivity contribution < 1.29 is 9.53 Å². The summed E-state index contributed by atoms with van der Waals surface area (Å²) in [5, 5.41) is 5.97. The van der Waals surface area contributed by atoms with Gasteiger partial charge in [-0.15, -0.1) is 0 Å². The van der Waals surface area contributed by atoms with Gasteiger partial charge < -0.3 is 20.3 Å². The number of hydrogen-bond donors (Lipinski definition) is 2. The summed E-state index contributed by atoms with van der Waals surface area (Å²) < 4.78 is 5.43. The van der Waals surface area contributed by atoms with Crippen molar-refractivity contribution in [3.63, 3.8) is 0 Å². The minimum atomic E-state index is -0.113. The quantitative estimate of drug-likeness (QED) is 0.590. The molecule has 1 unspecified atom stereocenters. The molecule has 8 nitrogen and oxygen atoms in total. The highest BCUT2D eigenvalue weighted by Gasteiger charge is 2.30. The molecule has 0 spiro atoms.